The molecule has 0 heterocycles. The van der Waals surface area contributed by atoms with E-state index in [0.29, 0.717) is 6.61 Å². The summed E-state index contributed by atoms with van der Waals surface area (Å²) in [6.07, 6.45) is 0. The Bertz CT molecular complexity index is 304. The zero-order valence-corrected chi connectivity index (χ0v) is 9.87. The molecule has 0 aliphatic carbocycles. The Morgan fingerprint density at radius 3 is 2.64 bits per heavy atom. The predicted molar refractivity (Wildman–Crippen MR) is 59.5 cm³/mol. The second kappa shape index (κ2) is 5.34. The van der Waals surface area contributed by atoms with Crippen molar-refractivity contribution in [2.75, 3.05) is 20.8 Å². The number of halogens is 1. The summed E-state index contributed by atoms with van der Waals surface area (Å²) in [5.74, 6) is 0.793. The first-order chi connectivity index (χ1) is 6.67. The first-order valence-corrected chi connectivity index (χ1v) is 5.05. The molecule has 0 aliphatic rings. The summed E-state index contributed by atoms with van der Waals surface area (Å²) >= 11 is 3.40. The van der Waals surface area contributed by atoms with Gasteiger partial charge in [-0.15, -0.1) is 0 Å². The van der Waals surface area contributed by atoms with Gasteiger partial charge in [0.2, 0.25) is 0 Å². The topological polar surface area (TPSA) is 44.5 Å². The second-order valence-electron chi connectivity index (χ2n) is 2.99. The van der Waals surface area contributed by atoms with E-state index in [1.54, 1.807) is 14.2 Å². The SMILES string of the molecule is COC[C@@H](N)c1cc(Br)cc(OC)c1. The van der Waals surface area contributed by atoms with Gasteiger partial charge in [0, 0.05) is 11.6 Å². The van der Waals surface area contributed by atoms with Crippen LogP contribution in [0.5, 0.6) is 5.75 Å². The highest BCUT2D eigenvalue weighted by molar-refractivity contribution is 9.10. The highest BCUT2D eigenvalue weighted by Gasteiger charge is 2.07. The average molecular weight is 260 g/mol. The Labute approximate surface area is 92.3 Å². The summed E-state index contributed by atoms with van der Waals surface area (Å²) < 4.78 is 11.1. The zero-order chi connectivity index (χ0) is 10.6. The molecule has 1 atom stereocenters. The van der Waals surface area contributed by atoms with Crippen molar-refractivity contribution in [1.29, 1.82) is 0 Å². The number of benzene rings is 1. The van der Waals surface area contributed by atoms with Crippen molar-refractivity contribution in [3.8, 4) is 5.75 Å². The Morgan fingerprint density at radius 2 is 2.07 bits per heavy atom. The normalized spacial score (nSPS) is 12.6. The molecule has 0 unspecified atom stereocenters. The molecular weight excluding hydrogens is 246 g/mol. The van der Waals surface area contributed by atoms with Gasteiger partial charge in [-0.05, 0) is 23.8 Å². The number of hydrogen-bond acceptors (Lipinski definition) is 3. The summed E-state index contributed by atoms with van der Waals surface area (Å²) in [5, 5.41) is 0. The number of methoxy groups -OCH3 is 2. The van der Waals surface area contributed by atoms with Crippen molar-refractivity contribution in [2.45, 2.75) is 6.04 Å². The summed E-state index contributed by atoms with van der Waals surface area (Å²) in [7, 11) is 3.27. The molecule has 3 nitrogen and oxygen atoms in total. The minimum Gasteiger partial charge on any atom is -0.497 e. The van der Waals surface area contributed by atoms with Crippen LogP contribution in [-0.4, -0.2) is 20.8 Å². The van der Waals surface area contributed by atoms with Gasteiger partial charge in [-0.25, -0.2) is 0 Å². The fourth-order valence-electron chi connectivity index (χ4n) is 1.19. The molecule has 1 aromatic carbocycles. The van der Waals surface area contributed by atoms with Gasteiger partial charge in [-0.3, -0.25) is 0 Å². The molecule has 4 heteroatoms. The highest BCUT2D eigenvalue weighted by Crippen LogP contribution is 2.24. The van der Waals surface area contributed by atoms with E-state index in [4.69, 9.17) is 15.2 Å². The van der Waals surface area contributed by atoms with Gasteiger partial charge < -0.3 is 15.2 Å². The monoisotopic (exact) mass is 259 g/mol. The van der Waals surface area contributed by atoms with Crippen molar-refractivity contribution in [2.24, 2.45) is 5.73 Å². The lowest BCUT2D eigenvalue weighted by Gasteiger charge is -2.12. The van der Waals surface area contributed by atoms with Gasteiger partial charge in [0.25, 0.3) is 0 Å². The second-order valence-corrected chi connectivity index (χ2v) is 3.90. The smallest absolute Gasteiger partial charge is 0.120 e. The van der Waals surface area contributed by atoms with E-state index in [0.717, 1.165) is 15.8 Å². The number of rotatable bonds is 4. The van der Waals surface area contributed by atoms with E-state index in [1.165, 1.54) is 0 Å². The molecule has 0 aliphatic heterocycles. The van der Waals surface area contributed by atoms with Crippen LogP contribution in [-0.2, 0) is 4.74 Å². The third-order valence-electron chi connectivity index (χ3n) is 1.90. The third-order valence-corrected chi connectivity index (χ3v) is 2.36. The van der Waals surface area contributed by atoms with Crippen molar-refractivity contribution in [3.05, 3.63) is 28.2 Å². The number of ether oxygens (including phenoxy) is 2. The summed E-state index contributed by atoms with van der Waals surface area (Å²) in [6.45, 7) is 0.500. The Morgan fingerprint density at radius 1 is 1.36 bits per heavy atom. The third kappa shape index (κ3) is 2.97. The van der Waals surface area contributed by atoms with Crippen molar-refractivity contribution >= 4 is 15.9 Å². The molecule has 0 aromatic heterocycles. The standard InChI is InChI=1S/C10H14BrNO2/c1-13-6-10(12)7-3-8(11)5-9(4-7)14-2/h3-5,10H,6,12H2,1-2H3/t10-/m1/s1. The van der Waals surface area contributed by atoms with Crippen molar-refractivity contribution in [3.63, 3.8) is 0 Å². The first kappa shape index (κ1) is 11.5. The van der Waals surface area contributed by atoms with Crippen LogP contribution in [0.1, 0.15) is 11.6 Å². The first-order valence-electron chi connectivity index (χ1n) is 4.26. The van der Waals surface area contributed by atoms with E-state index in [1.807, 2.05) is 18.2 Å². The molecule has 0 fully saturated rings. The van der Waals surface area contributed by atoms with E-state index in [9.17, 15) is 0 Å². The lowest BCUT2D eigenvalue weighted by atomic mass is 10.1. The van der Waals surface area contributed by atoms with Crippen LogP contribution in [0.15, 0.2) is 22.7 Å². The van der Waals surface area contributed by atoms with Crippen molar-refractivity contribution < 1.29 is 9.47 Å². The van der Waals surface area contributed by atoms with Gasteiger partial charge in [0.15, 0.2) is 0 Å². The van der Waals surface area contributed by atoms with Crippen LogP contribution in [0.4, 0.5) is 0 Å². The molecule has 0 bridgehead atoms. The summed E-state index contributed by atoms with van der Waals surface area (Å²) in [4.78, 5) is 0. The molecule has 0 spiro atoms. The lowest BCUT2D eigenvalue weighted by Crippen LogP contribution is -2.16. The Hall–Kier alpha value is -0.580. The average Bonchev–Trinajstić information content (AvgIpc) is 2.17. The van der Waals surface area contributed by atoms with E-state index in [-0.39, 0.29) is 6.04 Å². The van der Waals surface area contributed by atoms with Crippen LogP contribution < -0.4 is 10.5 Å². The van der Waals surface area contributed by atoms with E-state index >= 15 is 0 Å². The van der Waals surface area contributed by atoms with Crippen molar-refractivity contribution in [1.82, 2.24) is 0 Å². The van der Waals surface area contributed by atoms with Gasteiger partial charge in [-0.2, -0.15) is 0 Å². The van der Waals surface area contributed by atoms with Crippen LogP contribution in [0.2, 0.25) is 0 Å². The molecule has 1 aromatic rings. The maximum atomic E-state index is 5.90. The Balaban J connectivity index is 2.90. The van der Waals surface area contributed by atoms with Gasteiger partial charge in [0.05, 0.1) is 19.8 Å². The van der Waals surface area contributed by atoms with E-state index in [2.05, 4.69) is 15.9 Å². The van der Waals surface area contributed by atoms with Crippen LogP contribution in [0.25, 0.3) is 0 Å². The predicted octanol–water partition coefficient (Wildman–Crippen LogP) is 2.10. The molecule has 0 saturated carbocycles. The number of nitrogens with two attached hydrogens (primary N) is 1. The Kier molecular flexibility index (Phi) is 4.38. The maximum absolute atomic E-state index is 5.90. The lowest BCUT2D eigenvalue weighted by molar-refractivity contribution is 0.181. The van der Waals surface area contributed by atoms with Gasteiger partial charge in [0.1, 0.15) is 5.75 Å². The fourth-order valence-corrected chi connectivity index (χ4v) is 1.68. The van der Waals surface area contributed by atoms with Gasteiger partial charge in [-0.1, -0.05) is 15.9 Å². The molecule has 0 radical (unpaired) electrons. The zero-order valence-electron chi connectivity index (χ0n) is 8.29. The molecule has 1 rings (SSSR count). The molecule has 14 heavy (non-hydrogen) atoms. The number of hydrogen-bond donors (Lipinski definition) is 1. The minimum absolute atomic E-state index is 0.119. The quantitative estimate of drug-likeness (QED) is 0.901. The largest absolute Gasteiger partial charge is 0.497 e. The summed E-state index contributed by atoms with van der Waals surface area (Å²) in [6, 6.07) is 5.65. The highest BCUT2D eigenvalue weighted by atomic mass is 79.9. The fraction of sp³-hybridized carbons (Fsp3) is 0.400. The van der Waals surface area contributed by atoms with Crippen LogP contribution in [0, 0.1) is 0 Å². The minimum atomic E-state index is -0.119. The molecule has 2 N–H and O–H groups in total. The van der Waals surface area contributed by atoms with Gasteiger partial charge >= 0.3 is 0 Å². The maximum Gasteiger partial charge on any atom is 0.120 e. The molecule has 0 amide bonds. The van der Waals surface area contributed by atoms with Crippen LogP contribution in [0.3, 0.4) is 0 Å². The molecular formula is C10H14BrNO2. The van der Waals surface area contributed by atoms with Crippen LogP contribution >= 0.6 is 15.9 Å². The summed E-state index contributed by atoms with van der Waals surface area (Å²) in [5.41, 5.74) is 6.89. The van der Waals surface area contributed by atoms with E-state index < -0.39 is 0 Å². The molecule has 0 saturated heterocycles. The molecule has 78 valence electrons.